The van der Waals surface area contributed by atoms with E-state index in [0.717, 1.165) is 55.5 Å². The minimum absolute atomic E-state index is 0.0409. The summed E-state index contributed by atoms with van der Waals surface area (Å²) in [5, 5.41) is 2.35. The van der Waals surface area contributed by atoms with E-state index in [0.29, 0.717) is 49.6 Å². The smallest absolute Gasteiger partial charge is 0.282 e. The molecule has 2 unspecified atom stereocenters. The third kappa shape index (κ3) is 4.59. The number of pyridine rings is 1. The van der Waals surface area contributed by atoms with Crippen LogP contribution in [0.15, 0.2) is 23.8 Å². The number of aromatic nitrogens is 2. The van der Waals surface area contributed by atoms with Crippen molar-refractivity contribution in [1.82, 2.24) is 19.8 Å². The zero-order valence-electron chi connectivity index (χ0n) is 21.7. The lowest BCUT2D eigenvalue weighted by molar-refractivity contribution is -0.144. The molecule has 2 aromatic heterocycles. The Balaban J connectivity index is 1.24. The van der Waals surface area contributed by atoms with Crippen molar-refractivity contribution in [2.24, 2.45) is 23.2 Å². The molecule has 1 aliphatic carbocycles. The quantitative estimate of drug-likeness (QED) is 0.597. The van der Waals surface area contributed by atoms with Gasteiger partial charge in [-0.2, -0.15) is 0 Å². The van der Waals surface area contributed by atoms with Crippen LogP contribution in [0.5, 0.6) is 0 Å². The zero-order chi connectivity index (χ0) is 25.6. The van der Waals surface area contributed by atoms with E-state index in [-0.39, 0.29) is 23.8 Å². The van der Waals surface area contributed by atoms with Crippen LogP contribution < -0.4 is 0 Å². The molecule has 37 heavy (non-hydrogen) atoms. The molecule has 5 atom stereocenters. The number of carbonyl (C=O) groups is 2. The fourth-order valence-electron chi connectivity index (χ4n) is 7.38. The Morgan fingerprint density at radius 2 is 2.19 bits per heavy atom. The van der Waals surface area contributed by atoms with Crippen molar-refractivity contribution < 1.29 is 19.1 Å². The summed E-state index contributed by atoms with van der Waals surface area (Å²) < 4.78 is 11.4. The molecule has 5 heterocycles. The molecular formula is C28H36N4O4S. The molecule has 3 fully saturated rings. The number of amides is 2. The molecule has 6 rings (SSSR count). The molecule has 0 bridgehead atoms. The van der Waals surface area contributed by atoms with Crippen molar-refractivity contribution >= 4 is 23.2 Å². The standard InChI is InChI=1S/C28H36N4O4S/c1-18-9-21-14-31(6-3-23(21)30-13-18)27(34)28-12-19(10-20-4-7-36-16-24(20)35-2)11-22(28)15-32(17-28)26(33)25-29-5-8-37-25/h5,8-9,13,19-20,22,24H,3-4,6-7,10-12,14-17H2,1-2H3/t19-,20?,22+,24?,28+/m1/s1. The highest BCUT2D eigenvalue weighted by molar-refractivity contribution is 7.11. The second-order valence-electron chi connectivity index (χ2n) is 11.4. The first-order chi connectivity index (χ1) is 18.0. The van der Waals surface area contributed by atoms with Crippen LogP contribution in [0.2, 0.25) is 0 Å². The minimum atomic E-state index is -0.528. The Hall–Kier alpha value is -2.36. The molecule has 2 saturated heterocycles. The van der Waals surface area contributed by atoms with E-state index < -0.39 is 5.41 Å². The number of hydrogen-bond donors (Lipinski definition) is 0. The Morgan fingerprint density at radius 3 is 3.00 bits per heavy atom. The third-order valence-electron chi connectivity index (χ3n) is 9.14. The van der Waals surface area contributed by atoms with Crippen LogP contribution in [0, 0.1) is 30.1 Å². The summed E-state index contributed by atoms with van der Waals surface area (Å²) in [7, 11) is 1.77. The first kappa shape index (κ1) is 24.9. The van der Waals surface area contributed by atoms with Crippen molar-refractivity contribution in [1.29, 1.82) is 0 Å². The zero-order valence-corrected chi connectivity index (χ0v) is 22.5. The molecule has 0 spiro atoms. The van der Waals surface area contributed by atoms with Gasteiger partial charge < -0.3 is 19.3 Å². The normalized spacial score (nSPS) is 31.3. The van der Waals surface area contributed by atoms with Gasteiger partial charge in [-0.05, 0) is 61.5 Å². The highest BCUT2D eigenvalue weighted by Crippen LogP contribution is 2.54. The van der Waals surface area contributed by atoms with E-state index in [4.69, 9.17) is 9.47 Å². The number of likely N-dealkylation sites (tertiary alicyclic amines) is 1. The van der Waals surface area contributed by atoms with E-state index in [1.54, 1.807) is 13.3 Å². The second kappa shape index (κ2) is 10.1. The monoisotopic (exact) mass is 524 g/mol. The van der Waals surface area contributed by atoms with Gasteiger partial charge in [0, 0.05) is 69.8 Å². The number of carbonyl (C=O) groups excluding carboxylic acids is 2. The number of nitrogens with zero attached hydrogens (tertiary/aromatic N) is 4. The average Bonchev–Trinajstić information content (AvgIpc) is 3.63. The molecule has 198 valence electrons. The van der Waals surface area contributed by atoms with Crippen LogP contribution in [0.25, 0.3) is 0 Å². The van der Waals surface area contributed by atoms with E-state index in [1.165, 1.54) is 11.3 Å². The summed E-state index contributed by atoms with van der Waals surface area (Å²) >= 11 is 1.37. The van der Waals surface area contributed by atoms with Crippen LogP contribution in [0.4, 0.5) is 0 Å². The molecule has 2 aromatic rings. The molecule has 1 saturated carbocycles. The Bertz CT molecular complexity index is 1160. The van der Waals surface area contributed by atoms with Crippen LogP contribution in [-0.4, -0.2) is 77.6 Å². The highest BCUT2D eigenvalue weighted by atomic mass is 32.1. The first-order valence-electron chi connectivity index (χ1n) is 13.5. The maximum atomic E-state index is 14.4. The van der Waals surface area contributed by atoms with Gasteiger partial charge in [0.1, 0.15) is 0 Å². The van der Waals surface area contributed by atoms with Gasteiger partial charge in [0.05, 0.1) is 18.1 Å². The van der Waals surface area contributed by atoms with Crippen LogP contribution in [0.3, 0.4) is 0 Å². The maximum Gasteiger partial charge on any atom is 0.282 e. The number of rotatable bonds is 5. The van der Waals surface area contributed by atoms with Crippen LogP contribution in [0.1, 0.15) is 52.3 Å². The van der Waals surface area contributed by atoms with Gasteiger partial charge in [-0.1, -0.05) is 6.07 Å². The number of methoxy groups -OCH3 is 1. The summed E-state index contributed by atoms with van der Waals surface area (Å²) in [5.74, 6) is 1.26. The van der Waals surface area contributed by atoms with Crippen molar-refractivity contribution in [2.75, 3.05) is 40.0 Å². The van der Waals surface area contributed by atoms with Crippen LogP contribution >= 0.6 is 11.3 Å². The van der Waals surface area contributed by atoms with E-state index >= 15 is 0 Å². The van der Waals surface area contributed by atoms with Gasteiger partial charge >= 0.3 is 0 Å². The largest absolute Gasteiger partial charge is 0.379 e. The van der Waals surface area contributed by atoms with Gasteiger partial charge in [-0.3, -0.25) is 14.6 Å². The Labute approximate surface area is 222 Å². The molecular weight excluding hydrogens is 488 g/mol. The molecule has 9 heteroatoms. The number of thiazole rings is 1. The highest BCUT2D eigenvalue weighted by Gasteiger charge is 2.59. The van der Waals surface area contributed by atoms with Crippen molar-refractivity contribution in [2.45, 2.75) is 51.7 Å². The Kier molecular flexibility index (Phi) is 6.79. The maximum absolute atomic E-state index is 14.4. The summed E-state index contributed by atoms with van der Waals surface area (Å²) in [4.78, 5) is 40.5. The van der Waals surface area contributed by atoms with E-state index in [1.807, 2.05) is 28.3 Å². The second-order valence-corrected chi connectivity index (χ2v) is 12.3. The summed E-state index contributed by atoms with van der Waals surface area (Å²) in [6.07, 6.45) is 8.36. The fraction of sp³-hybridized carbons (Fsp3) is 0.643. The lowest BCUT2D eigenvalue weighted by Crippen LogP contribution is -2.49. The SMILES string of the molecule is COC1COCCC1C[C@@H]1C[C@H]2CN(C(=O)c3nccs3)C[C@@]2(C(=O)N2CCc3ncc(C)cc3C2)C1. The summed E-state index contributed by atoms with van der Waals surface area (Å²) in [6.45, 7) is 5.89. The van der Waals surface area contributed by atoms with Crippen molar-refractivity contribution in [3.05, 3.63) is 45.7 Å². The predicted molar refractivity (Wildman–Crippen MR) is 139 cm³/mol. The topological polar surface area (TPSA) is 84.9 Å². The van der Waals surface area contributed by atoms with E-state index in [9.17, 15) is 9.59 Å². The van der Waals surface area contributed by atoms with Gasteiger partial charge in [-0.25, -0.2) is 4.98 Å². The number of aryl methyl sites for hydroxylation is 1. The fourth-order valence-corrected chi connectivity index (χ4v) is 7.99. The molecule has 3 aliphatic heterocycles. The lowest BCUT2D eigenvalue weighted by Gasteiger charge is -2.37. The molecule has 2 amide bonds. The van der Waals surface area contributed by atoms with Gasteiger partial charge in [0.25, 0.3) is 5.91 Å². The van der Waals surface area contributed by atoms with Gasteiger partial charge in [-0.15, -0.1) is 11.3 Å². The number of fused-ring (bicyclic) bond motifs is 2. The molecule has 8 nitrogen and oxygen atoms in total. The van der Waals surface area contributed by atoms with Crippen LogP contribution in [-0.2, 0) is 27.2 Å². The van der Waals surface area contributed by atoms with Gasteiger partial charge in [0.2, 0.25) is 5.91 Å². The van der Waals surface area contributed by atoms with Crippen molar-refractivity contribution in [3.8, 4) is 0 Å². The van der Waals surface area contributed by atoms with Crippen molar-refractivity contribution in [3.63, 3.8) is 0 Å². The number of ether oxygens (including phenoxy) is 2. The average molecular weight is 525 g/mol. The van der Waals surface area contributed by atoms with Gasteiger partial charge in [0.15, 0.2) is 5.01 Å². The lowest BCUT2D eigenvalue weighted by atomic mass is 9.78. The summed E-state index contributed by atoms with van der Waals surface area (Å²) in [5.41, 5.74) is 2.85. The number of hydrogen-bond acceptors (Lipinski definition) is 7. The Morgan fingerprint density at radius 1 is 1.30 bits per heavy atom. The molecule has 0 radical (unpaired) electrons. The predicted octanol–water partition coefficient (Wildman–Crippen LogP) is 3.34. The summed E-state index contributed by atoms with van der Waals surface area (Å²) in [6, 6.07) is 2.16. The molecule has 0 N–H and O–H groups in total. The van der Waals surface area contributed by atoms with E-state index in [2.05, 4.69) is 16.0 Å². The minimum Gasteiger partial charge on any atom is -0.379 e. The first-order valence-corrected chi connectivity index (χ1v) is 14.4. The molecule has 0 aromatic carbocycles. The third-order valence-corrected chi connectivity index (χ3v) is 9.90. The molecule has 4 aliphatic rings.